The number of esters is 1. The Morgan fingerprint density at radius 1 is 1.17 bits per heavy atom. The molecule has 1 saturated heterocycles. The molecule has 24 heavy (non-hydrogen) atoms. The summed E-state index contributed by atoms with van der Waals surface area (Å²) in [5, 5.41) is 3.96. The van der Waals surface area contributed by atoms with Crippen LogP contribution in [0.15, 0.2) is 4.52 Å². The maximum absolute atomic E-state index is 12.3. The summed E-state index contributed by atoms with van der Waals surface area (Å²) in [6, 6.07) is 0. The van der Waals surface area contributed by atoms with E-state index in [1.807, 2.05) is 6.92 Å². The average molecular weight is 339 g/mol. The minimum absolute atomic E-state index is 0.0663. The number of unbranched alkanes of at least 4 members (excludes halogenated alkanes) is 2. The first kappa shape index (κ1) is 18.9. The van der Waals surface area contributed by atoms with E-state index in [4.69, 9.17) is 18.7 Å². The van der Waals surface area contributed by atoms with Crippen molar-refractivity contribution < 1.29 is 23.5 Å². The molecule has 1 aliphatic heterocycles. The van der Waals surface area contributed by atoms with Crippen LogP contribution in [0.2, 0.25) is 0 Å². The van der Waals surface area contributed by atoms with Crippen molar-refractivity contribution in [3.05, 3.63) is 17.0 Å². The summed E-state index contributed by atoms with van der Waals surface area (Å²) in [4.78, 5) is 12.3. The van der Waals surface area contributed by atoms with Crippen LogP contribution in [0, 0.1) is 5.41 Å². The second-order valence-corrected chi connectivity index (χ2v) is 7.19. The Kier molecular flexibility index (Phi) is 6.04. The highest BCUT2D eigenvalue weighted by Crippen LogP contribution is 2.39. The lowest BCUT2D eigenvalue weighted by Crippen LogP contribution is -2.44. The molecule has 6 heteroatoms. The molecule has 1 aromatic heterocycles. The lowest BCUT2D eigenvalue weighted by Gasteiger charge is -2.41. The third-order valence-electron chi connectivity index (χ3n) is 4.17. The Labute approximate surface area is 143 Å². The number of aryl methyl sites for hydroxylation is 1. The maximum Gasteiger partial charge on any atom is 0.361 e. The molecule has 1 fully saturated rings. The van der Waals surface area contributed by atoms with Gasteiger partial charge in [0.15, 0.2) is 11.5 Å². The van der Waals surface area contributed by atoms with Crippen LogP contribution in [-0.2, 0) is 26.4 Å². The van der Waals surface area contributed by atoms with Gasteiger partial charge in [-0.15, -0.1) is 0 Å². The zero-order valence-electron chi connectivity index (χ0n) is 15.4. The topological polar surface area (TPSA) is 70.8 Å². The molecule has 0 aliphatic carbocycles. The van der Waals surface area contributed by atoms with E-state index in [2.05, 4.69) is 25.9 Å². The summed E-state index contributed by atoms with van der Waals surface area (Å²) >= 11 is 0. The molecule has 136 valence electrons. The molecular formula is C18H29NO5. The number of carbonyl (C=O) groups is 1. The van der Waals surface area contributed by atoms with E-state index in [1.165, 1.54) is 0 Å². The van der Waals surface area contributed by atoms with Gasteiger partial charge in [0.2, 0.25) is 0 Å². The van der Waals surface area contributed by atoms with Crippen molar-refractivity contribution in [3.8, 4) is 0 Å². The van der Waals surface area contributed by atoms with Gasteiger partial charge < -0.3 is 18.7 Å². The number of aromatic nitrogens is 1. The first-order valence-corrected chi connectivity index (χ1v) is 8.77. The summed E-state index contributed by atoms with van der Waals surface area (Å²) in [6.45, 7) is 11.2. The number of hydrogen-bond donors (Lipinski definition) is 0. The van der Waals surface area contributed by atoms with Crippen LogP contribution < -0.4 is 0 Å². The molecule has 0 atom stereocenters. The van der Waals surface area contributed by atoms with Gasteiger partial charge in [0.05, 0.1) is 25.4 Å². The van der Waals surface area contributed by atoms with E-state index in [1.54, 1.807) is 6.92 Å². The van der Waals surface area contributed by atoms with Gasteiger partial charge in [-0.3, -0.25) is 0 Å². The summed E-state index contributed by atoms with van der Waals surface area (Å²) in [7, 11) is 0. The zero-order valence-corrected chi connectivity index (χ0v) is 15.4. The van der Waals surface area contributed by atoms with Gasteiger partial charge in [-0.2, -0.15) is 0 Å². The molecule has 0 amide bonds. The first-order chi connectivity index (χ1) is 11.3. The molecular weight excluding hydrogens is 310 g/mol. The molecule has 0 N–H and O–H groups in total. The molecule has 2 heterocycles. The second kappa shape index (κ2) is 7.66. The van der Waals surface area contributed by atoms with Crippen molar-refractivity contribution in [2.75, 3.05) is 19.8 Å². The Morgan fingerprint density at radius 3 is 2.42 bits per heavy atom. The fourth-order valence-electron chi connectivity index (χ4n) is 2.73. The highest BCUT2D eigenvalue weighted by molar-refractivity contribution is 5.89. The number of hydrogen-bond acceptors (Lipinski definition) is 6. The summed E-state index contributed by atoms with van der Waals surface area (Å²) in [5.74, 6) is -0.899. The summed E-state index contributed by atoms with van der Waals surface area (Å²) in [5.41, 5.74) is 0.668. The lowest BCUT2D eigenvalue weighted by atomic mass is 9.92. The normalized spacial score (nSPS) is 19.2. The number of ether oxygens (including phenoxy) is 3. The molecule has 1 aliphatic rings. The summed E-state index contributed by atoms with van der Waals surface area (Å²) in [6.07, 6.45) is 3.84. The quantitative estimate of drug-likeness (QED) is 0.555. The van der Waals surface area contributed by atoms with Crippen molar-refractivity contribution in [3.63, 3.8) is 0 Å². The van der Waals surface area contributed by atoms with Crippen molar-refractivity contribution in [2.45, 2.75) is 66.1 Å². The first-order valence-electron chi connectivity index (χ1n) is 8.77. The third-order valence-corrected chi connectivity index (χ3v) is 4.17. The standard InChI is InChI=1S/C18H29NO5/c1-6-8-9-10-13-14(15(19-24-13)16(20)21-7-2)18(5)22-11-17(3,4)12-23-18/h6-12H2,1-5H3. The van der Waals surface area contributed by atoms with Crippen LogP contribution in [0.5, 0.6) is 0 Å². The van der Waals surface area contributed by atoms with Crippen LogP contribution in [0.3, 0.4) is 0 Å². The molecule has 0 radical (unpaired) electrons. The van der Waals surface area contributed by atoms with E-state index in [0.717, 1.165) is 19.3 Å². The van der Waals surface area contributed by atoms with Crippen molar-refractivity contribution in [1.82, 2.24) is 5.16 Å². The van der Waals surface area contributed by atoms with Gasteiger partial charge in [0.25, 0.3) is 0 Å². The monoisotopic (exact) mass is 339 g/mol. The Morgan fingerprint density at radius 2 is 1.83 bits per heavy atom. The minimum Gasteiger partial charge on any atom is -0.461 e. The van der Waals surface area contributed by atoms with Gasteiger partial charge >= 0.3 is 5.97 Å². The predicted molar refractivity (Wildman–Crippen MR) is 88.7 cm³/mol. The van der Waals surface area contributed by atoms with Crippen LogP contribution in [0.25, 0.3) is 0 Å². The van der Waals surface area contributed by atoms with E-state index in [-0.39, 0.29) is 17.7 Å². The molecule has 0 spiro atoms. The van der Waals surface area contributed by atoms with Gasteiger partial charge in [-0.1, -0.05) is 38.8 Å². The zero-order chi connectivity index (χ0) is 17.8. The largest absolute Gasteiger partial charge is 0.461 e. The molecule has 0 saturated carbocycles. The van der Waals surface area contributed by atoms with Crippen LogP contribution >= 0.6 is 0 Å². The number of carbonyl (C=O) groups excluding carboxylic acids is 1. The van der Waals surface area contributed by atoms with Gasteiger partial charge in [-0.05, 0) is 20.3 Å². The number of rotatable bonds is 7. The average Bonchev–Trinajstić information content (AvgIpc) is 2.96. The molecule has 6 nitrogen and oxygen atoms in total. The minimum atomic E-state index is -1.04. The van der Waals surface area contributed by atoms with Crippen LogP contribution in [0.4, 0.5) is 0 Å². The predicted octanol–water partition coefficient (Wildman–Crippen LogP) is 3.83. The summed E-state index contributed by atoms with van der Waals surface area (Å²) < 4.78 is 22.6. The van der Waals surface area contributed by atoms with E-state index < -0.39 is 11.8 Å². The fourth-order valence-corrected chi connectivity index (χ4v) is 2.73. The lowest BCUT2D eigenvalue weighted by molar-refractivity contribution is -0.298. The van der Waals surface area contributed by atoms with Gasteiger partial charge in [0, 0.05) is 11.8 Å². The second-order valence-electron chi connectivity index (χ2n) is 7.19. The smallest absolute Gasteiger partial charge is 0.361 e. The third kappa shape index (κ3) is 4.16. The van der Waals surface area contributed by atoms with E-state index in [0.29, 0.717) is 31.0 Å². The maximum atomic E-state index is 12.3. The van der Waals surface area contributed by atoms with Gasteiger partial charge in [-0.25, -0.2) is 4.79 Å². The molecule has 0 bridgehead atoms. The fraction of sp³-hybridized carbons (Fsp3) is 0.778. The van der Waals surface area contributed by atoms with Crippen molar-refractivity contribution >= 4 is 5.97 Å². The Bertz CT molecular complexity index is 554. The molecule has 2 rings (SSSR count). The molecule has 0 aromatic carbocycles. The van der Waals surface area contributed by atoms with Crippen LogP contribution in [-0.4, -0.2) is 30.9 Å². The molecule has 0 unspecified atom stereocenters. The van der Waals surface area contributed by atoms with E-state index in [9.17, 15) is 4.79 Å². The Hall–Kier alpha value is -1.40. The van der Waals surface area contributed by atoms with Gasteiger partial charge in [0.1, 0.15) is 5.76 Å². The number of nitrogens with zero attached hydrogens (tertiary/aromatic N) is 1. The Balaban J connectivity index is 2.32. The van der Waals surface area contributed by atoms with E-state index >= 15 is 0 Å². The SMILES string of the molecule is CCCCCc1onc(C(=O)OCC)c1C1(C)OCC(C)(C)CO1. The highest BCUT2D eigenvalue weighted by Gasteiger charge is 2.44. The van der Waals surface area contributed by atoms with Crippen molar-refractivity contribution in [2.24, 2.45) is 5.41 Å². The highest BCUT2D eigenvalue weighted by atomic mass is 16.7. The molecule has 1 aromatic rings. The van der Waals surface area contributed by atoms with Crippen molar-refractivity contribution in [1.29, 1.82) is 0 Å². The van der Waals surface area contributed by atoms with Crippen LogP contribution in [0.1, 0.15) is 75.7 Å².